The Hall–Kier alpha value is -2.64. The summed E-state index contributed by atoms with van der Waals surface area (Å²) in [5, 5.41) is 16.5. The minimum Gasteiger partial charge on any atom is -0.369 e. The van der Waals surface area contributed by atoms with Gasteiger partial charge in [0.25, 0.3) is 0 Å². The minimum absolute atomic E-state index is 0.0105. The van der Waals surface area contributed by atoms with Crippen molar-refractivity contribution in [2.45, 2.75) is 16.5 Å². The Morgan fingerprint density at radius 1 is 1.15 bits per heavy atom. The predicted octanol–water partition coefficient (Wildman–Crippen LogP) is 4.68. The second-order valence-electron chi connectivity index (χ2n) is 5.85. The van der Waals surface area contributed by atoms with E-state index < -0.39 is 17.9 Å². The average molecular weight is 371 g/mol. The van der Waals surface area contributed by atoms with Crippen LogP contribution in [0.2, 0.25) is 0 Å². The first kappa shape index (κ1) is 16.8. The summed E-state index contributed by atoms with van der Waals surface area (Å²) in [7, 11) is 0. The number of hydrogen-bond acceptors (Lipinski definition) is 5. The predicted molar refractivity (Wildman–Crippen MR) is 97.8 cm³/mol. The van der Waals surface area contributed by atoms with Crippen molar-refractivity contribution in [1.82, 2.24) is 4.98 Å². The van der Waals surface area contributed by atoms with E-state index in [1.165, 1.54) is 6.07 Å². The molecule has 7 heteroatoms. The molecule has 0 bridgehead atoms. The van der Waals surface area contributed by atoms with Gasteiger partial charge in [-0.25, -0.2) is 8.78 Å². The maximum absolute atomic E-state index is 13.8. The number of aromatic nitrogens is 1. The van der Waals surface area contributed by atoms with Crippen LogP contribution in [0.5, 0.6) is 0 Å². The molecule has 2 atom stereocenters. The third kappa shape index (κ3) is 3.36. The molecule has 0 radical (unpaired) electrons. The van der Waals surface area contributed by atoms with E-state index in [1.54, 1.807) is 24.0 Å². The van der Waals surface area contributed by atoms with E-state index in [1.807, 2.05) is 30.5 Å². The number of nitrogens with zero attached hydrogens (tertiary/aromatic N) is 1. The molecule has 0 spiro atoms. The van der Waals surface area contributed by atoms with Gasteiger partial charge in [-0.3, -0.25) is 4.98 Å². The number of rotatable bonds is 4. The Morgan fingerprint density at radius 2 is 2.04 bits per heavy atom. The Morgan fingerprint density at radius 3 is 2.85 bits per heavy atom. The summed E-state index contributed by atoms with van der Waals surface area (Å²) in [6, 6.07) is 12.5. The van der Waals surface area contributed by atoms with Crippen LogP contribution in [-0.4, -0.2) is 10.1 Å². The molecular weight excluding hydrogens is 356 g/mol. The van der Waals surface area contributed by atoms with E-state index in [0.29, 0.717) is 5.69 Å². The molecule has 4 nitrogen and oxygen atoms in total. The zero-order valence-electron chi connectivity index (χ0n) is 13.5. The highest BCUT2D eigenvalue weighted by atomic mass is 32.2. The molecule has 26 heavy (non-hydrogen) atoms. The van der Waals surface area contributed by atoms with Crippen molar-refractivity contribution in [2.24, 2.45) is 0 Å². The summed E-state index contributed by atoms with van der Waals surface area (Å²) in [5.41, 5.74) is 2.66. The number of benzene rings is 2. The second-order valence-corrected chi connectivity index (χ2v) is 7.00. The van der Waals surface area contributed by atoms with Gasteiger partial charge in [-0.1, -0.05) is 23.9 Å². The van der Waals surface area contributed by atoms with E-state index in [2.05, 4.69) is 15.6 Å². The summed E-state index contributed by atoms with van der Waals surface area (Å²) in [6.07, 6.45) is 2.27. The number of aliphatic hydroxyl groups excluding tert-OH is 1. The standard InChI is InChI=1S/C19H15F2N3OS/c20-12-4-5-14(15(21)9-12)18(25)23-13-3-1-2-11(8-13)19-24-16-6-7-22-10-17(16)26-19/h1-10,18-19,23-25H. The van der Waals surface area contributed by atoms with Crippen molar-refractivity contribution in [3.63, 3.8) is 0 Å². The van der Waals surface area contributed by atoms with Crippen LogP contribution in [0.1, 0.15) is 22.7 Å². The Bertz CT molecular complexity index is 929. The number of hydrogen-bond donors (Lipinski definition) is 3. The van der Waals surface area contributed by atoms with E-state index in [0.717, 1.165) is 28.3 Å². The van der Waals surface area contributed by atoms with Crippen molar-refractivity contribution in [2.75, 3.05) is 10.6 Å². The van der Waals surface area contributed by atoms with Crippen molar-refractivity contribution in [1.29, 1.82) is 0 Å². The fraction of sp³-hybridized carbons (Fsp3) is 0.105. The third-order valence-electron chi connectivity index (χ3n) is 4.07. The first-order valence-electron chi connectivity index (χ1n) is 7.97. The van der Waals surface area contributed by atoms with Crippen LogP contribution in [0.3, 0.4) is 0 Å². The average Bonchev–Trinajstić information content (AvgIpc) is 3.06. The molecule has 0 aliphatic carbocycles. The highest BCUT2D eigenvalue weighted by Crippen LogP contribution is 2.46. The summed E-state index contributed by atoms with van der Waals surface area (Å²) >= 11 is 1.65. The van der Waals surface area contributed by atoms with Gasteiger partial charge in [0.15, 0.2) is 6.23 Å². The van der Waals surface area contributed by atoms with Gasteiger partial charge in [0, 0.05) is 29.7 Å². The highest BCUT2D eigenvalue weighted by molar-refractivity contribution is 8.00. The number of aliphatic hydroxyl groups is 1. The topological polar surface area (TPSA) is 57.2 Å². The second kappa shape index (κ2) is 6.93. The van der Waals surface area contributed by atoms with Crippen LogP contribution in [0.4, 0.5) is 20.2 Å². The van der Waals surface area contributed by atoms with Crippen LogP contribution in [0.15, 0.2) is 65.8 Å². The number of nitrogens with one attached hydrogen (secondary N) is 2. The van der Waals surface area contributed by atoms with Gasteiger partial charge in [0.05, 0.1) is 10.6 Å². The van der Waals surface area contributed by atoms with Crippen LogP contribution in [0, 0.1) is 11.6 Å². The number of halogens is 2. The van der Waals surface area contributed by atoms with E-state index in [4.69, 9.17) is 0 Å². The largest absolute Gasteiger partial charge is 0.369 e. The Kier molecular flexibility index (Phi) is 4.48. The quantitative estimate of drug-likeness (QED) is 0.582. The number of fused-ring (bicyclic) bond motifs is 1. The summed E-state index contributed by atoms with van der Waals surface area (Å²) in [6.45, 7) is 0. The van der Waals surface area contributed by atoms with E-state index in [-0.39, 0.29) is 10.9 Å². The molecule has 1 aliphatic heterocycles. The first-order valence-corrected chi connectivity index (χ1v) is 8.85. The van der Waals surface area contributed by atoms with Gasteiger partial charge in [0.1, 0.15) is 17.0 Å². The SMILES string of the molecule is OC(Nc1cccc(C2Nc3ccncc3S2)c1)c1ccc(F)cc1F. The van der Waals surface area contributed by atoms with Crippen molar-refractivity contribution in [3.8, 4) is 0 Å². The number of anilines is 2. The Balaban J connectivity index is 1.51. The maximum Gasteiger partial charge on any atom is 0.153 e. The lowest BCUT2D eigenvalue weighted by Gasteiger charge is -2.17. The fourth-order valence-electron chi connectivity index (χ4n) is 2.79. The van der Waals surface area contributed by atoms with Gasteiger partial charge in [-0.05, 0) is 35.9 Å². The molecule has 1 aliphatic rings. The van der Waals surface area contributed by atoms with Crippen LogP contribution in [0.25, 0.3) is 0 Å². The molecule has 3 aromatic rings. The maximum atomic E-state index is 13.8. The zero-order valence-corrected chi connectivity index (χ0v) is 14.3. The third-order valence-corrected chi connectivity index (χ3v) is 5.27. The lowest BCUT2D eigenvalue weighted by molar-refractivity contribution is 0.203. The molecule has 0 saturated heterocycles. The Labute approximate surface area is 153 Å². The lowest BCUT2D eigenvalue weighted by Crippen LogP contribution is -2.12. The first-order chi connectivity index (χ1) is 12.6. The molecule has 2 aromatic carbocycles. The smallest absolute Gasteiger partial charge is 0.153 e. The number of pyridine rings is 1. The molecule has 1 aromatic heterocycles. The minimum atomic E-state index is -1.28. The molecule has 0 amide bonds. The summed E-state index contributed by atoms with van der Waals surface area (Å²) < 4.78 is 26.8. The van der Waals surface area contributed by atoms with E-state index in [9.17, 15) is 13.9 Å². The number of thioether (sulfide) groups is 1. The lowest BCUT2D eigenvalue weighted by atomic mass is 10.1. The summed E-state index contributed by atoms with van der Waals surface area (Å²) in [5.74, 6) is -1.48. The molecular formula is C19H15F2N3OS. The van der Waals surface area contributed by atoms with Gasteiger partial charge < -0.3 is 15.7 Å². The van der Waals surface area contributed by atoms with E-state index >= 15 is 0 Å². The molecule has 132 valence electrons. The zero-order chi connectivity index (χ0) is 18.1. The van der Waals surface area contributed by atoms with Crippen LogP contribution in [-0.2, 0) is 0 Å². The molecule has 2 heterocycles. The normalized spacial score (nSPS) is 16.7. The van der Waals surface area contributed by atoms with Crippen molar-refractivity contribution in [3.05, 3.63) is 83.7 Å². The van der Waals surface area contributed by atoms with Crippen LogP contribution < -0.4 is 10.6 Å². The van der Waals surface area contributed by atoms with Gasteiger partial charge in [0.2, 0.25) is 0 Å². The van der Waals surface area contributed by atoms with Gasteiger partial charge >= 0.3 is 0 Å². The van der Waals surface area contributed by atoms with Crippen LogP contribution >= 0.6 is 11.8 Å². The highest BCUT2D eigenvalue weighted by Gasteiger charge is 2.23. The molecule has 0 saturated carbocycles. The summed E-state index contributed by atoms with van der Waals surface area (Å²) in [4.78, 5) is 5.19. The molecule has 2 unspecified atom stereocenters. The molecule has 3 N–H and O–H groups in total. The van der Waals surface area contributed by atoms with Gasteiger partial charge in [-0.2, -0.15) is 0 Å². The molecule has 4 rings (SSSR count). The van der Waals surface area contributed by atoms with Gasteiger partial charge in [-0.15, -0.1) is 0 Å². The van der Waals surface area contributed by atoms with Crippen molar-refractivity contribution < 1.29 is 13.9 Å². The molecule has 0 fully saturated rings. The van der Waals surface area contributed by atoms with Crippen molar-refractivity contribution >= 4 is 23.1 Å². The fourth-order valence-corrected chi connectivity index (χ4v) is 3.89. The monoisotopic (exact) mass is 371 g/mol.